The lowest BCUT2D eigenvalue weighted by Gasteiger charge is -2.30. The van der Waals surface area contributed by atoms with Crippen molar-refractivity contribution in [3.8, 4) is 0 Å². The third-order valence-electron chi connectivity index (χ3n) is 4.15. The van der Waals surface area contributed by atoms with Gasteiger partial charge in [-0.1, -0.05) is 13.3 Å². The first-order valence-electron chi connectivity index (χ1n) is 7.40. The third-order valence-corrected chi connectivity index (χ3v) is 4.15. The number of piperidine rings is 1. The summed E-state index contributed by atoms with van der Waals surface area (Å²) in [4.78, 5) is 2.62. The predicted octanol–water partition coefficient (Wildman–Crippen LogP) is 1.88. The number of nitrogens with one attached hydrogen (secondary N) is 1. The quantitative estimate of drug-likeness (QED) is 0.743. The van der Waals surface area contributed by atoms with Crippen LogP contribution < -0.4 is 5.32 Å². The molecule has 2 aliphatic heterocycles. The largest absolute Gasteiger partial charge is 0.381 e. The highest BCUT2D eigenvalue weighted by Crippen LogP contribution is 2.14. The van der Waals surface area contributed by atoms with Crippen molar-refractivity contribution in [2.24, 2.45) is 5.92 Å². The van der Waals surface area contributed by atoms with Gasteiger partial charge in [-0.25, -0.2) is 0 Å². The first-order chi connectivity index (χ1) is 8.36. The van der Waals surface area contributed by atoms with Crippen LogP contribution in [0.25, 0.3) is 0 Å². The fourth-order valence-corrected chi connectivity index (χ4v) is 2.96. The zero-order valence-electron chi connectivity index (χ0n) is 11.3. The fraction of sp³-hybridized carbons (Fsp3) is 1.00. The molecule has 2 fully saturated rings. The van der Waals surface area contributed by atoms with E-state index in [1.165, 1.54) is 58.3 Å². The number of likely N-dealkylation sites (tertiary alicyclic amines) is 1. The topological polar surface area (TPSA) is 24.5 Å². The molecule has 2 rings (SSSR count). The van der Waals surface area contributed by atoms with E-state index in [9.17, 15) is 0 Å². The lowest BCUT2D eigenvalue weighted by Crippen LogP contribution is -2.42. The first-order valence-corrected chi connectivity index (χ1v) is 7.40. The van der Waals surface area contributed by atoms with Gasteiger partial charge < -0.3 is 15.0 Å². The highest BCUT2D eigenvalue weighted by atomic mass is 16.5. The number of hydrogen-bond acceptors (Lipinski definition) is 3. The molecule has 1 N–H and O–H groups in total. The van der Waals surface area contributed by atoms with E-state index in [-0.39, 0.29) is 0 Å². The van der Waals surface area contributed by atoms with Crippen LogP contribution in [0, 0.1) is 5.92 Å². The molecule has 3 nitrogen and oxygen atoms in total. The molecule has 0 aromatic carbocycles. The lowest BCUT2D eigenvalue weighted by molar-refractivity contribution is 0.0389. The van der Waals surface area contributed by atoms with Crippen LogP contribution in [0.2, 0.25) is 0 Å². The fourth-order valence-electron chi connectivity index (χ4n) is 2.96. The first kappa shape index (κ1) is 13.3. The van der Waals surface area contributed by atoms with E-state index >= 15 is 0 Å². The van der Waals surface area contributed by atoms with Crippen molar-refractivity contribution in [2.45, 2.75) is 45.1 Å². The summed E-state index contributed by atoms with van der Waals surface area (Å²) < 4.78 is 5.47. The van der Waals surface area contributed by atoms with Crippen molar-refractivity contribution in [2.75, 3.05) is 39.4 Å². The van der Waals surface area contributed by atoms with Gasteiger partial charge in [0, 0.05) is 12.6 Å². The normalized spacial score (nSPS) is 31.6. The molecular formula is C14H28N2O. The van der Waals surface area contributed by atoms with Crippen molar-refractivity contribution in [1.29, 1.82) is 0 Å². The van der Waals surface area contributed by atoms with E-state index in [0.29, 0.717) is 12.0 Å². The summed E-state index contributed by atoms with van der Waals surface area (Å²) in [5.74, 6) is 0.679. The number of nitrogens with zero attached hydrogens (tertiary/aromatic N) is 1. The second kappa shape index (κ2) is 7.34. The summed E-state index contributed by atoms with van der Waals surface area (Å²) in [6, 6.07) is 0.685. The maximum absolute atomic E-state index is 5.47. The molecule has 0 radical (unpaired) electrons. The predicted molar refractivity (Wildman–Crippen MR) is 71.3 cm³/mol. The van der Waals surface area contributed by atoms with Gasteiger partial charge in [-0.15, -0.1) is 0 Å². The molecule has 2 atom stereocenters. The Morgan fingerprint density at radius 2 is 2.06 bits per heavy atom. The van der Waals surface area contributed by atoms with Crippen LogP contribution in [0.15, 0.2) is 0 Å². The van der Waals surface area contributed by atoms with Gasteiger partial charge in [0.15, 0.2) is 0 Å². The van der Waals surface area contributed by atoms with Crippen LogP contribution >= 0.6 is 0 Å². The highest BCUT2D eigenvalue weighted by Gasteiger charge is 2.20. The van der Waals surface area contributed by atoms with Crippen LogP contribution in [-0.4, -0.2) is 50.3 Å². The molecule has 3 heteroatoms. The van der Waals surface area contributed by atoms with E-state index in [2.05, 4.69) is 17.1 Å². The third kappa shape index (κ3) is 4.57. The molecule has 2 aliphatic rings. The molecule has 2 unspecified atom stereocenters. The molecular weight excluding hydrogens is 212 g/mol. The van der Waals surface area contributed by atoms with Crippen molar-refractivity contribution >= 4 is 0 Å². The van der Waals surface area contributed by atoms with E-state index < -0.39 is 0 Å². The second-order valence-electron chi connectivity index (χ2n) is 5.66. The van der Waals surface area contributed by atoms with E-state index in [1.54, 1.807) is 0 Å². The van der Waals surface area contributed by atoms with Gasteiger partial charge in [0.2, 0.25) is 0 Å². The second-order valence-corrected chi connectivity index (χ2v) is 5.66. The molecule has 0 spiro atoms. The van der Waals surface area contributed by atoms with Crippen molar-refractivity contribution < 1.29 is 4.74 Å². The van der Waals surface area contributed by atoms with Gasteiger partial charge in [0.25, 0.3) is 0 Å². The molecule has 0 aliphatic carbocycles. The molecule has 0 bridgehead atoms. The Balaban J connectivity index is 1.53. The maximum Gasteiger partial charge on any atom is 0.0506 e. The van der Waals surface area contributed by atoms with E-state index in [4.69, 9.17) is 4.74 Å². The maximum atomic E-state index is 5.47. The van der Waals surface area contributed by atoms with Crippen LogP contribution in [-0.2, 0) is 4.74 Å². The number of rotatable bonds is 5. The molecule has 17 heavy (non-hydrogen) atoms. The molecule has 100 valence electrons. The van der Waals surface area contributed by atoms with Crippen LogP contribution in [0.4, 0.5) is 0 Å². The van der Waals surface area contributed by atoms with Gasteiger partial charge in [0.05, 0.1) is 6.61 Å². The number of ether oxygens (including phenoxy) is 1. The minimum absolute atomic E-state index is 0.679. The van der Waals surface area contributed by atoms with Crippen molar-refractivity contribution in [1.82, 2.24) is 10.2 Å². The smallest absolute Gasteiger partial charge is 0.0506 e. The average molecular weight is 240 g/mol. The zero-order valence-corrected chi connectivity index (χ0v) is 11.3. The Morgan fingerprint density at radius 1 is 1.24 bits per heavy atom. The molecule has 2 heterocycles. The summed E-state index contributed by atoms with van der Waals surface area (Å²) in [5, 5.41) is 3.70. The minimum Gasteiger partial charge on any atom is -0.381 e. The average Bonchev–Trinajstić information content (AvgIpc) is 2.38. The molecule has 0 amide bonds. The summed E-state index contributed by atoms with van der Waals surface area (Å²) in [6.07, 6.45) is 6.73. The van der Waals surface area contributed by atoms with E-state index in [0.717, 1.165) is 13.2 Å². The molecule has 0 aromatic heterocycles. The van der Waals surface area contributed by atoms with Crippen LogP contribution in [0.5, 0.6) is 0 Å². The molecule has 2 saturated heterocycles. The Hall–Kier alpha value is -0.120. The van der Waals surface area contributed by atoms with Gasteiger partial charge in [-0.3, -0.25) is 0 Å². The monoisotopic (exact) mass is 240 g/mol. The lowest BCUT2D eigenvalue weighted by atomic mass is 9.98. The van der Waals surface area contributed by atoms with Crippen LogP contribution in [0.3, 0.4) is 0 Å². The van der Waals surface area contributed by atoms with Gasteiger partial charge in [0.1, 0.15) is 0 Å². The van der Waals surface area contributed by atoms with Gasteiger partial charge in [-0.2, -0.15) is 0 Å². The highest BCUT2D eigenvalue weighted by molar-refractivity contribution is 4.76. The number of hydrogen-bond donors (Lipinski definition) is 1. The minimum atomic E-state index is 0.679. The van der Waals surface area contributed by atoms with E-state index in [1.807, 2.05) is 0 Å². The Bertz CT molecular complexity index is 204. The summed E-state index contributed by atoms with van der Waals surface area (Å²) in [7, 11) is 0. The van der Waals surface area contributed by atoms with Gasteiger partial charge >= 0.3 is 0 Å². The zero-order chi connectivity index (χ0) is 11.9. The summed E-state index contributed by atoms with van der Waals surface area (Å²) in [5.41, 5.74) is 0. The standard InChI is InChI=1S/C14H28N2O/c1-13-12-17-11-6-14(13)15-7-5-10-16-8-3-2-4-9-16/h13-15H,2-12H2,1H3. The summed E-state index contributed by atoms with van der Waals surface area (Å²) in [6.45, 7) is 9.27. The molecule has 0 saturated carbocycles. The van der Waals surface area contributed by atoms with Crippen molar-refractivity contribution in [3.63, 3.8) is 0 Å². The molecule has 0 aromatic rings. The van der Waals surface area contributed by atoms with Crippen molar-refractivity contribution in [3.05, 3.63) is 0 Å². The van der Waals surface area contributed by atoms with Crippen LogP contribution in [0.1, 0.15) is 39.0 Å². The Morgan fingerprint density at radius 3 is 2.82 bits per heavy atom. The SMILES string of the molecule is CC1COCCC1NCCCN1CCCCC1. The Kier molecular flexibility index (Phi) is 5.75. The summed E-state index contributed by atoms with van der Waals surface area (Å²) >= 11 is 0. The Labute approximate surface area is 106 Å². The van der Waals surface area contributed by atoms with Gasteiger partial charge in [-0.05, 0) is 57.8 Å².